The van der Waals surface area contributed by atoms with Gasteiger partial charge in [-0.1, -0.05) is 17.8 Å². The predicted octanol–water partition coefficient (Wildman–Crippen LogP) is 2.69. The first-order chi connectivity index (χ1) is 8.85. The summed E-state index contributed by atoms with van der Waals surface area (Å²) in [5.74, 6) is 5.67. The second-order valence-electron chi connectivity index (χ2n) is 4.22. The Balaban J connectivity index is 2.01. The fourth-order valence-electron chi connectivity index (χ4n) is 1.93. The average molecular weight is 282 g/mol. The Kier molecular flexibility index (Phi) is 5.25. The summed E-state index contributed by atoms with van der Waals surface area (Å²) < 4.78 is 4.05. The summed E-state index contributed by atoms with van der Waals surface area (Å²) in [5, 5.41) is 8.49. The van der Waals surface area contributed by atoms with Crippen LogP contribution in [0.2, 0.25) is 0 Å². The molecule has 1 unspecified atom stereocenters. The summed E-state index contributed by atoms with van der Waals surface area (Å²) in [6.45, 7) is 2.15. The van der Waals surface area contributed by atoms with Crippen molar-refractivity contribution in [1.29, 1.82) is 0 Å². The number of thiophene rings is 1. The van der Waals surface area contributed by atoms with E-state index in [9.17, 15) is 0 Å². The van der Waals surface area contributed by atoms with E-state index in [1.807, 2.05) is 0 Å². The molecule has 1 atom stereocenters. The molecular formula is C12H18N4S2. The number of hydrogen-bond donors (Lipinski definition) is 2. The molecule has 0 radical (unpaired) electrons. The molecule has 0 bridgehead atoms. The van der Waals surface area contributed by atoms with Crippen molar-refractivity contribution in [1.82, 2.24) is 15.0 Å². The molecule has 0 aromatic carbocycles. The number of rotatable bonds is 7. The van der Waals surface area contributed by atoms with Gasteiger partial charge in [0.05, 0.1) is 16.6 Å². The van der Waals surface area contributed by atoms with Crippen LogP contribution >= 0.6 is 22.9 Å². The molecule has 0 aliphatic rings. The molecule has 18 heavy (non-hydrogen) atoms. The summed E-state index contributed by atoms with van der Waals surface area (Å²) in [7, 11) is 0. The van der Waals surface area contributed by atoms with Crippen LogP contribution in [0.15, 0.2) is 16.8 Å². The molecule has 0 fully saturated rings. The third-order valence-corrected chi connectivity index (χ3v) is 4.50. The van der Waals surface area contributed by atoms with Crippen LogP contribution in [-0.2, 0) is 12.8 Å². The Morgan fingerprint density at radius 2 is 2.33 bits per heavy atom. The fraction of sp³-hybridized carbons (Fsp3) is 0.500. The zero-order valence-corrected chi connectivity index (χ0v) is 12.1. The Bertz CT molecular complexity index is 452. The van der Waals surface area contributed by atoms with Crippen molar-refractivity contribution in [3.8, 4) is 0 Å². The quantitative estimate of drug-likeness (QED) is 0.605. The standard InChI is InChI=1S/C12H18N4S2/c1-2-3-11-12(18-16-15-11)10(14-13)5-4-9-6-7-17-8-9/h6-8,10,14H,2-5,13H2,1H3. The SMILES string of the molecule is CCCc1nnsc1C(CCc1ccsc1)NN. The molecule has 2 rings (SSSR count). The van der Waals surface area contributed by atoms with E-state index in [0.29, 0.717) is 0 Å². The number of aromatic nitrogens is 2. The van der Waals surface area contributed by atoms with Crippen LogP contribution in [0.5, 0.6) is 0 Å². The summed E-state index contributed by atoms with van der Waals surface area (Å²) in [6.07, 6.45) is 4.07. The lowest BCUT2D eigenvalue weighted by Gasteiger charge is -2.14. The van der Waals surface area contributed by atoms with Gasteiger partial charge in [0.25, 0.3) is 0 Å². The second kappa shape index (κ2) is 6.94. The fourth-order valence-corrected chi connectivity index (χ4v) is 3.42. The van der Waals surface area contributed by atoms with E-state index in [2.05, 4.69) is 38.8 Å². The van der Waals surface area contributed by atoms with Gasteiger partial charge in [0.2, 0.25) is 0 Å². The summed E-state index contributed by atoms with van der Waals surface area (Å²) in [6, 6.07) is 2.32. The van der Waals surface area contributed by atoms with Crippen molar-refractivity contribution in [3.63, 3.8) is 0 Å². The van der Waals surface area contributed by atoms with Gasteiger partial charge in [-0.25, -0.2) is 0 Å². The number of aryl methyl sites for hydroxylation is 2. The first kappa shape index (κ1) is 13.6. The third kappa shape index (κ3) is 3.35. The molecule has 6 heteroatoms. The van der Waals surface area contributed by atoms with Crippen molar-refractivity contribution in [2.24, 2.45) is 5.84 Å². The maximum atomic E-state index is 5.67. The number of nitrogens with two attached hydrogens (primary N) is 1. The lowest BCUT2D eigenvalue weighted by Crippen LogP contribution is -2.28. The molecular weight excluding hydrogens is 264 g/mol. The van der Waals surface area contributed by atoms with Gasteiger partial charge in [-0.05, 0) is 53.2 Å². The van der Waals surface area contributed by atoms with Crippen molar-refractivity contribution < 1.29 is 0 Å². The molecule has 0 saturated heterocycles. The molecule has 0 aliphatic carbocycles. The lowest BCUT2D eigenvalue weighted by molar-refractivity contribution is 0.519. The van der Waals surface area contributed by atoms with Crippen molar-refractivity contribution in [2.75, 3.05) is 0 Å². The molecule has 0 aliphatic heterocycles. The highest BCUT2D eigenvalue weighted by Crippen LogP contribution is 2.25. The maximum Gasteiger partial charge on any atom is 0.0804 e. The number of nitrogens with one attached hydrogen (secondary N) is 1. The molecule has 4 nitrogen and oxygen atoms in total. The largest absolute Gasteiger partial charge is 0.271 e. The van der Waals surface area contributed by atoms with Crippen LogP contribution in [0.25, 0.3) is 0 Å². The molecule has 2 aromatic heterocycles. The number of hydrazine groups is 1. The maximum absolute atomic E-state index is 5.67. The highest BCUT2D eigenvalue weighted by Gasteiger charge is 2.17. The van der Waals surface area contributed by atoms with Gasteiger partial charge in [-0.15, -0.1) is 5.10 Å². The predicted molar refractivity (Wildman–Crippen MR) is 76.6 cm³/mol. The van der Waals surface area contributed by atoms with Crippen LogP contribution in [0, 0.1) is 0 Å². The molecule has 0 amide bonds. The van der Waals surface area contributed by atoms with Gasteiger partial charge in [-0.3, -0.25) is 11.3 Å². The monoisotopic (exact) mass is 282 g/mol. The minimum absolute atomic E-state index is 0.159. The molecule has 3 N–H and O–H groups in total. The minimum Gasteiger partial charge on any atom is -0.271 e. The zero-order valence-electron chi connectivity index (χ0n) is 10.4. The van der Waals surface area contributed by atoms with Crippen LogP contribution < -0.4 is 11.3 Å². The Morgan fingerprint density at radius 3 is 3.00 bits per heavy atom. The number of nitrogens with zero attached hydrogens (tertiary/aromatic N) is 2. The first-order valence-electron chi connectivity index (χ1n) is 6.13. The van der Waals surface area contributed by atoms with Crippen LogP contribution in [0.3, 0.4) is 0 Å². The van der Waals surface area contributed by atoms with Gasteiger partial charge >= 0.3 is 0 Å². The van der Waals surface area contributed by atoms with Gasteiger partial charge in [0.15, 0.2) is 0 Å². The molecule has 2 aromatic rings. The van der Waals surface area contributed by atoms with E-state index in [4.69, 9.17) is 5.84 Å². The smallest absolute Gasteiger partial charge is 0.0804 e. The van der Waals surface area contributed by atoms with Gasteiger partial charge in [0.1, 0.15) is 0 Å². The van der Waals surface area contributed by atoms with Gasteiger partial charge in [0, 0.05) is 0 Å². The Labute approximate surface area is 115 Å². The minimum atomic E-state index is 0.159. The number of hydrogen-bond acceptors (Lipinski definition) is 6. The average Bonchev–Trinajstić information content (AvgIpc) is 3.02. The van der Waals surface area contributed by atoms with E-state index in [1.165, 1.54) is 22.0 Å². The van der Waals surface area contributed by atoms with Crippen molar-refractivity contribution in [3.05, 3.63) is 33.0 Å². The van der Waals surface area contributed by atoms with Crippen molar-refractivity contribution in [2.45, 2.75) is 38.6 Å². The third-order valence-electron chi connectivity index (χ3n) is 2.89. The molecule has 2 heterocycles. The first-order valence-corrected chi connectivity index (χ1v) is 7.85. The highest BCUT2D eigenvalue weighted by atomic mass is 32.1. The second-order valence-corrected chi connectivity index (χ2v) is 5.79. The summed E-state index contributed by atoms with van der Waals surface area (Å²) in [5.41, 5.74) is 5.36. The van der Waals surface area contributed by atoms with Gasteiger partial charge < -0.3 is 0 Å². The normalized spacial score (nSPS) is 12.8. The van der Waals surface area contributed by atoms with Gasteiger partial charge in [-0.2, -0.15) is 11.3 Å². The zero-order chi connectivity index (χ0) is 12.8. The van der Waals surface area contributed by atoms with E-state index in [-0.39, 0.29) is 6.04 Å². The van der Waals surface area contributed by atoms with E-state index in [0.717, 1.165) is 31.4 Å². The highest BCUT2D eigenvalue weighted by molar-refractivity contribution is 7.08. The van der Waals surface area contributed by atoms with Crippen LogP contribution in [0.4, 0.5) is 0 Å². The molecule has 0 saturated carbocycles. The topological polar surface area (TPSA) is 63.8 Å². The summed E-state index contributed by atoms with van der Waals surface area (Å²) in [4.78, 5) is 1.19. The van der Waals surface area contributed by atoms with E-state index >= 15 is 0 Å². The van der Waals surface area contributed by atoms with Crippen LogP contribution in [0.1, 0.15) is 41.9 Å². The molecule has 0 spiro atoms. The molecule has 98 valence electrons. The van der Waals surface area contributed by atoms with Crippen molar-refractivity contribution >= 4 is 22.9 Å². The Morgan fingerprint density at radius 1 is 1.44 bits per heavy atom. The van der Waals surface area contributed by atoms with E-state index < -0.39 is 0 Å². The van der Waals surface area contributed by atoms with Crippen LogP contribution in [-0.4, -0.2) is 9.59 Å². The lowest BCUT2D eigenvalue weighted by atomic mass is 10.0. The van der Waals surface area contributed by atoms with E-state index in [1.54, 1.807) is 11.3 Å². The summed E-state index contributed by atoms with van der Waals surface area (Å²) >= 11 is 3.19. The Hall–Kier alpha value is -0.820.